The Morgan fingerprint density at radius 2 is 1.92 bits per heavy atom. The van der Waals surface area contributed by atoms with Gasteiger partial charge in [-0.3, -0.25) is 4.79 Å². The van der Waals surface area contributed by atoms with Crippen LogP contribution < -0.4 is 5.32 Å². The van der Waals surface area contributed by atoms with Gasteiger partial charge in [-0.25, -0.2) is 4.98 Å². The number of aromatic nitrogens is 2. The van der Waals surface area contributed by atoms with Crippen LogP contribution in [0.25, 0.3) is 22.7 Å². The Kier molecular flexibility index (Phi) is 3.88. The molecule has 0 spiro atoms. The fourth-order valence-electron chi connectivity index (χ4n) is 2.52. The zero-order chi connectivity index (χ0) is 17.9. The highest BCUT2D eigenvalue weighted by atomic mass is 16.3. The summed E-state index contributed by atoms with van der Waals surface area (Å²) < 4.78 is 5.71. The van der Waals surface area contributed by atoms with Gasteiger partial charge in [0.05, 0.1) is 11.6 Å². The Morgan fingerprint density at radius 3 is 2.69 bits per heavy atom. The van der Waals surface area contributed by atoms with Gasteiger partial charge >= 0.3 is 0 Å². The third kappa shape index (κ3) is 3.01. The van der Waals surface area contributed by atoms with Crippen molar-refractivity contribution in [2.45, 2.75) is 0 Å². The van der Waals surface area contributed by atoms with Gasteiger partial charge in [-0.1, -0.05) is 6.07 Å². The van der Waals surface area contributed by atoms with Crippen LogP contribution in [0.5, 0.6) is 0 Å². The predicted octanol–water partition coefficient (Wildman–Crippen LogP) is 4.01. The molecule has 4 rings (SSSR count). The molecule has 26 heavy (non-hydrogen) atoms. The highest BCUT2D eigenvalue weighted by Crippen LogP contribution is 2.25. The first kappa shape index (κ1) is 15.5. The molecule has 6 heteroatoms. The number of pyridine rings is 1. The molecule has 0 atom stereocenters. The maximum Gasteiger partial charge on any atom is 0.255 e. The van der Waals surface area contributed by atoms with E-state index in [0.29, 0.717) is 33.9 Å². The summed E-state index contributed by atoms with van der Waals surface area (Å²) in [6.45, 7) is 0. The molecular weight excluding hydrogens is 328 g/mol. The highest BCUT2D eigenvalue weighted by molar-refractivity contribution is 6.04. The number of amides is 1. The van der Waals surface area contributed by atoms with Gasteiger partial charge in [0.25, 0.3) is 5.91 Å². The summed E-state index contributed by atoms with van der Waals surface area (Å²) in [6.07, 6.45) is 1.66. The molecule has 1 amide bonds. The molecule has 0 radical (unpaired) electrons. The van der Waals surface area contributed by atoms with E-state index in [1.165, 1.54) is 0 Å². The first-order valence-electron chi connectivity index (χ1n) is 7.86. The van der Waals surface area contributed by atoms with E-state index in [0.717, 1.165) is 5.56 Å². The van der Waals surface area contributed by atoms with Gasteiger partial charge in [-0.15, -0.1) is 0 Å². The molecule has 6 nitrogen and oxygen atoms in total. The molecule has 0 aliphatic carbocycles. The SMILES string of the molecule is N#Cc1ccc(C(=O)Nc2cccc(-c3nc4ncccc4o3)c2)cc1. The number of rotatable bonds is 3. The van der Waals surface area contributed by atoms with Crippen molar-refractivity contribution in [2.24, 2.45) is 0 Å². The molecule has 0 aliphatic rings. The van der Waals surface area contributed by atoms with Crippen molar-refractivity contribution in [1.82, 2.24) is 9.97 Å². The highest BCUT2D eigenvalue weighted by Gasteiger charge is 2.11. The first-order valence-corrected chi connectivity index (χ1v) is 7.86. The fourth-order valence-corrected chi connectivity index (χ4v) is 2.52. The lowest BCUT2D eigenvalue weighted by Gasteiger charge is -2.06. The van der Waals surface area contributed by atoms with Gasteiger partial charge in [0.2, 0.25) is 5.89 Å². The minimum Gasteiger partial charge on any atom is -0.434 e. The molecule has 0 saturated carbocycles. The van der Waals surface area contributed by atoms with Crippen LogP contribution in [0.15, 0.2) is 71.3 Å². The Morgan fingerprint density at radius 1 is 1.08 bits per heavy atom. The lowest BCUT2D eigenvalue weighted by atomic mass is 10.1. The molecule has 124 valence electrons. The lowest BCUT2D eigenvalue weighted by molar-refractivity contribution is 0.102. The van der Waals surface area contributed by atoms with Crippen molar-refractivity contribution in [3.8, 4) is 17.5 Å². The van der Waals surface area contributed by atoms with Gasteiger partial charge < -0.3 is 9.73 Å². The summed E-state index contributed by atoms with van der Waals surface area (Å²) in [4.78, 5) is 20.9. The number of nitrogens with zero attached hydrogens (tertiary/aromatic N) is 3. The molecule has 4 aromatic rings. The minimum absolute atomic E-state index is 0.258. The molecular formula is C20H12N4O2. The normalized spacial score (nSPS) is 10.4. The Balaban J connectivity index is 1.59. The molecule has 0 unspecified atom stereocenters. The number of fused-ring (bicyclic) bond motifs is 1. The first-order chi connectivity index (χ1) is 12.7. The molecule has 2 heterocycles. The van der Waals surface area contributed by atoms with E-state index in [2.05, 4.69) is 15.3 Å². The van der Waals surface area contributed by atoms with Crippen LogP contribution >= 0.6 is 0 Å². The van der Waals surface area contributed by atoms with E-state index in [1.54, 1.807) is 54.7 Å². The third-order valence-corrected chi connectivity index (χ3v) is 3.81. The van der Waals surface area contributed by atoms with Crippen molar-refractivity contribution < 1.29 is 9.21 Å². The summed E-state index contributed by atoms with van der Waals surface area (Å²) in [5.41, 5.74) is 3.48. The van der Waals surface area contributed by atoms with Gasteiger partial charge in [0.15, 0.2) is 11.2 Å². The molecule has 0 fully saturated rings. The number of carbonyl (C=O) groups is 1. The van der Waals surface area contributed by atoms with E-state index >= 15 is 0 Å². The van der Waals surface area contributed by atoms with E-state index in [9.17, 15) is 4.79 Å². The number of carbonyl (C=O) groups excluding carboxylic acids is 1. The zero-order valence-electron chi connectivity index (χ0n) is 13.5. The van der Waals surface area contributed by atoms with Crippen molar-refractivity contribution in [3.05, 3.63) is 78.0 Å². The number of hydrogen-bond acceptors (Lipinski definition) is 5. The van der Waals surface area contributed by atoms with E-state index < -0.39 is 0 Å². The maximum atomic E-state index is 12.4. The summed E-state index contributed by atoms with van der Waals surface area (Å²) in [5.74, 6) is 0.180. The Labute approximate surface area is 148 Å². The number of nitrogens with one attached hydrogen (secondary N) is 1. The van der Waals surface area contributed by atoms with E-state index in [1.807, 2.05) is 18.2 Å². The summed E-state index contributed by atoms with van der Waals surface area (Å²) in [7, 11) is 0. The molecule has 0 aliphatic heterocycles. The van der Waals surface area contributed by atoms with Crippen molar-refractivity contribution >= 4 is 22.8 Å². The number of nitriles is 1. The fraction of sp³-hybridized carbons (Fsp3) is 0. The van der Waals surface area contributed by atoms with Crippen LogP contribution in [-0.2, 0) is 0 Å². The Hall–Kier alpha value is -3.98. The summed E-state index contributed by atoms with van der Waals surface area (Å²) in [6, 6.07) is 19.3. The van der Waals surface area contributed by atoms with Crippen molar-refractivity contribution in [2.75, 3.05) is 5.32 Å². The van der Waals surface area contributed by atoms with Gasteiger partial charge in [0, 0.05) is 23.0 Å². The topological polar surface area (TPSA) is 91.8 Å². The molecule has 2 aromatic carbocycles. The second-order valence-electron chi connectivity index (χ2n) is 5.57. The maximum absolute atomic E-state index is 12.4. The molecule has 0 bridgehead atoms. The average molecular weight is 340 g/mol. The lowest BCUT2D eigenvalue weighted by Crippen LogP contribution is -2.11. The summed E-state index contributed by atoms with van der Waals surface area (Å²) >= 11 is 0. The van der Waals surface area contributed by atoms with Crippen LogP contribution in [0.1, 0.15) is 15.9 Å². The molecule has 1 N–H and O–H groups in total. The second kappa shape index (κ2) is 6.49. The average Bonchev–Trinajstić information content (AvgIpc) is 3.12. The van der Waals surface area contributed by atoms with Crippen molar-refractivity contribution in [3.63, 3.8) is 0 Å². The van der Waals surface area contributed by atoms with Gasteiger partial charge in [0.1, 0.15) is 0 Å². The number of benzene rings is 2. The number of anilines is 1. The number of oxazole rings is 1. The van der Waals surface area contributed by atoms with Crippen molar-refractivity contribution in [1.29, 1.82) is 5.26 Å². The minimum atomic E-state index is -0.258. The van der Waals surface area contributed by atoms with Gasteiger partial charge in [-0.2, -0.15) is 10.2 Å². The third-order valence-electron chi connectivity index (χ3n) is 3.81. The standard InChI is InChI=1S/C20H12N4O2/c21-12-13-6-8-14(9-7-13)19(25)23-16-4-1-3-15(11-16)20-24-18-17(26-20)5-2-10-22-18/h1-11H,(H,23,25). The monoisotopic (exact) mass is 340 g/mol. The largest absolute Gasteiger partial charge is 0.434 e. The van der Waals surface area contributed by atoms with Gasteiger partial charge in [-0.05, 0) is 54.6 Å². The van der Waals surface area contributed by atoms with Crippen LogP contribution in [0.2, 0.25) is 0 Å². The van der Waals surface area contributed by atoms with E-state index in [4.69, 9.17) is 9.68 Å². The Bertz CT molecular complexity index is 1110. The quantitative estimate of drug-likeness (QED) is 0.608. The number of hydrogen-bond donors (Lipinski definition) is 1. The second-order valence-corrected chi connectivity index (χ2v) is 5.57. The van der Waals surface area contributed by atoms with Crippen LogP contribution in [-0.4, -0.2) is 15.9 Å². The predicted molar refractivity (Wildman–Crippen MR) is 96.4 cm³/mol. The smallest absolute Gasteiger partial charge is 0.255 e. The van der Waals surface area contributed by atoms with Crippen LogP contribution in [0.3, 0.4) is 0 Å². The molecule has 2 aromatic heterocycles. The van der Waals surface area contributed by atoms with Crippen LogP contribution in [0, 0.1) is 11.3 Å². The van der Waals surface area contributed by atoms with Crippen LogP contribution in [0.4, 0.5) is 5.69 Å². The summed E-state index contributed by atoms with van der Waals surface area (Å²) in [5, 5.41) is 11.7. The van der Waals surface area contributed by atoms with E-state index in [-0.39, 0.29) is 5.91 Å². The molecule has 0 saturated heterocycles. The zero-order valence-corrected chi connectivity index (χ0v) is 13.5.